The van der Waals surface area contributed by atoms with E-state index in [0.29, 0.717) is 13.1 Å². The first-order valence-corrected chi connectivity index (χ1v) is 13.7. The van der Waals surface area contributed by atoms with Crippen molar-refractivity contribution in [2.75, 3.05) is 32.1 Å². The van der Waals surface area contributed by atoms with Crippen molar-refractivity contribution in [2.45, 2.75) is 96.8 Å². The van der Waals surface area contributed by atoms with Crippen LogP contribution in [0.15, 0.2) is 30.4 Å². The van der Waals surface area contributed by atoms with Gasteiger partial charge in [0.1, 0.15) is 10.7 Å². The molecule has 5 heteroatoms. The molecule has 0 atom stereocenters. The van der Waals surface area contributed by atoms with E-state index in [0.717, 1.165) is 35.0 Å². The number of ether oxygens (including phenoxy) is 1. The number of hydrogen-bond donors (Lipinski definition) is 3. The van der Waals surface area contributed by atoms with Crippen LogP contribution in [0.1, 0.15) is 102 Å². The minimum atomic E-state index is 0.585. The fourth-order valence-electron chi connectivity index (χ4n) is 3.86. The Labute approximate surface area is 209 Å². The van der Waals surface area contributed by atoms with Crippen LogP contribution < -0.4 is 21.1 Å². The number of thiocarbonyl (C=S) groups is 1. The Morgan fingerprint density at radius 2 is 1.48 bits per heavy atom. The van der Waals surface area contributed by atoms with E-state index in [1.807, 2.05) is 18.2 Å². The fraction of sp³-hybridized carbons (Fsp3) is 0.679. The van der Waals surface area contributed by atoms with Crippen LogP contribution in [-0.2, 0) is 0 Å². The summed E-state index contributed by atoms with van der Waals surface area (Å²) in [5, 5.41) is 6.65. The monoisotopic (exact) mass is 475 g/mol. The highest BCUT2D eigenvalue weighted by Crippen LogP contribution is 2.25. The lowest BCUT2D eigenvalue weighted by Crippen LogP contribution is -2.23. The van der Waals surface area contributed by atoms with Crippen LogP contribution in [0.3, 0.4) is 0 Å². The second kappa shape index (κ2) is 21.0. The maximum Gasteiger partial charge on any atom is 0.142 e. The van der Waals surface area contributed by atoms with Crippen molar-refractivity contribution in [1.82, 2.24) is 5.32 Å². The molecule has 0 aliphatic heterocycles. The topological polar surface area (TPSA) is 59.3 Å². The zero-order valence-electron chi connectivity index (χ0n) is 21.3. The Morgan fingerprint density at radius 3 is 2.09 bits per heavy atom. The van der Waals surface area contributed by atoms with Crippen LogP contribution in [0.25, 0.3) is 0 Å². The Kier molecular flexibility index (Phi) is 18.7. The largest absolute Gasteiger partial charge is 0.495 e. The van der Waals surface area contributed by atoms with Gasteiger partial charge in [0.2, 0.25) is 0 Å². The van der Waals surface area contributed by atoms with Gasteiger partial charge in [0.25, 0.3) is 0 Å². The molecule has 188 valence electrons. The highest BCUT2D eigenvalue weighted by Gasteiger charge is 2.07. The number of allylic oxidation sites excluding steroid dienone is 2. The van der Waals surface area contributed by atoms with Crippen molar-refractivity contribution >= 4 is 22.9 Å². The van der Waals surface area contributed by atoms with Crippen LogP contribution in [0, 0.1) is 0 Å². The van der Waals surface area contributed by atoms with Gasteiger partial charge in [-0.15, -0.1) is 0 Å². The van der Waals surface area contributed by atoms with Gasteiger partial charge in [0, 0.05) is 25.2 Å². The number of hydrogen-bond acceptors (Lipinski definition) is 4. The average molecular weight is 476 g/mol. The molecule has 0 radical (unpaired) electrons. The van der Waals surface area contributed by atoms with Crippen LogP contribution in [0.5, 0.6) is 5.75 Å². The molecule has 0 aliphatic carbocycles. The first-order valence-electron chi connectivity index (χ1n) is 13.3. The molecular weight excluding hydrogens is 426 g/mol. The Hall–Kier alpha value is -1.59. The summed E-state index contributed by atoms with van der Waals surface area (Å²) in [6.45, 7) is 4.50. The Balaban J connectivity index is 2.01. The molecule has 33 heavy (non-hydrogen) atoms. The Bertz CT molecular complexity index is 648. The van der Waals surface area contributed by atoms with Crippen LogP contribution in [0.2, 0.25) is 0 Å². The van der Waals surface area contributed by atoms with Gasteiger partial charge in [-0.3, -0.25) is 0 Å². The summed E-state index contributed by atoms with van der Waals surface area (Å²) >= 11 is 5.56. The average Bonchev–Trinajstić information content (AvgIpc) is 2.84. The van der Waals surface area contributed by atoms with Crippen molar-refractivity contribution in [2.24, 2.45) is 5.73 Å². The standard InChI is InChI=1S/C28H49N3OS/c1-3-4-5-6-7-8-9-10-11-12-13-14-15-16-17-18-22-31-28(33)25-19-20-26(30-23-21-29)27(24-25)32-2/h10-11,19-20,24,30H,3-9,12-18,21-23,29H2,1-2H3,(H,31,33)/b11-10-. The van der Waals surface area contributed by atoms with Crippen LogP contribution in [0.4, 0.5) is 5.69 Å². The summed E-state index contributed by atoms with van der Waals surface area (Å²) in [6, 6.07) is 6.01. The molecule has 1 aromatic rings. The second-order valence-electron chi connectivity index (χ2n) is 8.82. The van der Waals surface area contributed by atoms with Crippen LogP contribution >= 0.6 is 12.2 Å². The van der Waals surface area contributed by atoms with Crippen molar-refractivity contribution in [3.05, 3.63) is 35.9 Å². The molecule has 0 bridgehead atoms. The number of nitrogens with two attached hydrogens (primary N) is 1. The summed E-state index contributed by atoms with van der Waals surface area (Å²) in [4.78, 5) is 0.784. The minimum absolute atomic E-state index is 0.585. The van der Waals surface area contributed by atoms with Gasteiger partial charge >= 0.3 is 0 Å². The molecule has 0 aliphatic rings. The first-order chi connectivity index (χ1) is 16.2. The molecule has 0 aromatic heterocycles. The van der Waals surface area contributed by atoms with E-state index in [1.165, 1.54) is 83.5 Å². The molecule has 0 unspecified atom stereocenters. The summed E-state index contributed by atoms with van der Waals surface area (Å²) in [5.74, 6) is 0.794. The lowest BCUT2D eigenvalue weighted by Gasteiger charge is -2.13. The molecule has 1 aromatic carbocycles. The first kappa shape index (κ1) is 29.4. The zero-order valence-corrected chi connectivity index (χ0v) is 22.1. The molecular formula is C28H49N3OS. The van der Waals surface area contributed by atoms with E-state index in [4.69, 9.17) is 22.7 Å². The van der Waals surface area contributed by atoms with Crippen molar-refractivity contribution in [3.63, 3.8) is 0 Å². The zero-order chi connectivity index (χ0) is 24.0. The third kappa shape index (κ3) is 15.0. The van der Waals surface area contributed by atoms with E-state index in [1.54, 1.807) is 7.11 Å². The van der Waals surface area contributed by atoms with Gasteiger partial charge in [-0.1, -0.05) is 89.1 Å². The number of rotatable bonds is 21. The highest BCUT2D eigenvalue weighted by molar-refractivity contribution is 7.80. The fourth-order valence-corrected chi connectivity index (χ4v) is 4.09. The second-order valence-corrected chi connectivity index (χ2v) is 9.23. The minimum Gasteiger partial charge on any atom is -0.495 e. The molecule has 0 amide bonds. The van der Waals surface area contributed by atoms with E-state index in [-0.39, 0.29) is 0 Å². The molecule has 0 spiro atoms. The van der Waals surface area contributed by atoms with Gasteiger partial charge in [0.15, 0.2) is 0 Å². The third-order valence-corrected chi connectivity index (χ3v) is 6.28. The lowest BCUT2D eigenvalue weighted by atomic mass is 10.1. The number of benzene rings is 1. The van der Waals surface area contributed by atoms with Gasteiger partial charge in [-0.05, 0) is 50.3 Å². The summed E-state index contributed by atoms with van der Waals surface area (Å²) in [7, 11) is 1.68. The normalized spacial score (nSPS) is 11.1. The molecule has 0 saturated heterocycles. The summed E-state index contributed by atoms with van der Waals surface area (Å²) in [5.41, 5.74) is 7.50. The quantitative estimate of drug-likeness (QED) is 0.0984. The third-order valence-electron chi connectivity index (χ3n) is 5.90. The molecule has 1 rings (SSSR count). The summed E-state index contributed by atoms with van der Waals surface area (Å²) < 4.78 is 5.48. The van der Waals surface area contributed by atoms with Crippen LogP contribution in [-0.4, -0.2) is 31.7 Å². The number of methoxy groups -OCH3 is 1. The predicted octanol–water partition coefficient (Wildman–Crippen LogP) is 7.37. The van der Waals surface area contributed by atoms with E-state index < -0.39 is 0 Å². The number of nitrogens with one attached hydrogen (secondary N) is 2. The predicted molar refractivity (Wildman–Crippen MR) is 150 cm³/mol. The number of anilines is 1. The van der Waals surface area contributed by atoms with Gasteiger partial charge in [0.05, 0.1) is 12.8 Å². The van der Waals surface area contributed by atoms with Gasteiger partial charge in [-0.25, -0.2) is 0 Å². The lowest BCUT2D eigenvalue weighted by molar-refractivity contribution is 0.416. The Morgan fingerprint density at radius 1 is 0.879 bits per heavy atom. The molecule has 0 heterocycles. The summed E-state index contributed by atoms with van der Waals surface area (Å²) in [6.07, 6.45) is 23.4. The molecule has 0 fully saturated rings. The van der Waals surface area contributed by atoms with Crippen molar-refractivity contribution in [3.8, 4) is 5.75 Å². The highest BCUT2D eigenvalue weighted by atomic mass is 32.1. The molecule has 4 N–H and O–H groups in total. The van der Waals surface area contributed by atoms with Crippen molar-refractivity contribution in [1.29, 1.82) is 0 Å². The smallest absolute Gasteiger partial charge is 0.142 e. The molecule has 0 saturated carbocycles. The SMILES string of the molecule is CCCCCCCC/C=C\CCCCCCCCNC(=S)c1ccc(NCCN)c(OC)c1. The van der Waals surface area contributed by atoms with E-state index in [9.17, 15) is 0 Å². The molecule has 4 nitrogen and oxygen atoms in total. The maximum absolute atomic E-state index is 5.56. The van der Waals surface area contributed by atoms with Gasteiger partial charge in [-0.2, -0.15) is 0 Å². The van der Waals surface area contributed by atoms with Gasteiger partial charge < -0.3 is 21.1 Å². The van der Waals surface area contributed by atoms with Crippen molar-refractivity contribution < 1.29 is 4.74 Å². The maximum atomic E-state index is 5.56. The van der Waals surface area contributed by atoms with E-state index >= 15 is 0 Å². The number of unbranched alkanes of at least 4 members (excludes halogenated alkanes) is 12. The van der Waals surface area contributed by atoms with E-state index in [2.05, 4.69) is 29.7 Å².